The van der Waals surface area contributed by atoms with Crippen LogP contribution in [0, 0.1) is 6.92 Å². The number of aliphatic hydroxyl groups excluding tert-OH is 1. The minimum Gasteiger partial charge on any atom is -0.497 e. The van der Waals surface area contributed by atoms with Crippen LogP contribution in [-0.4, -0.2) is 46.2 Å². The second-order valence-corrected chi connectivity index (χ2v) is 5.89. The quantitative estimate of drug-likeness (QED) is 0.693. The molecule has 0 aliphatic carbocycles. The van der Waals surface area contributed by atoms with E-state index in [0.29, 0.717) is 5.75 Å². The molecule has 0 saturated heterocycles. The average Bonchev–Trinajstić information content (AvgIpc) is 2.98. The van der Waals surface area contributed by atoms with Crippen LogP contribution < -0.4 is 9.47 Å². The Kier molecular flexibility index (Phi) is 4.92. The number of ether oxygens (including phenoxy) is 2. The Hall–Kier alpha value is -2.25. The number of hydrogen-bond acceptors (Lipinski definition) is 6. The molecule has 0 atom stereocenters. The maximum Gasteiger partial charge on any atom is 0.174 e. The minimum absolute atomic E-state index is 0.0268. The van der Waals surface area contributed by atoms with E-state index in [2.05, 4.69) is 9.97 Å². The van der Waals surface area contributed by atoms with E-state index in [9.17, 15) is 0 Å². The number of rotatable bonds is 6. The first-order valence-electron chi connectivity index (χ1n) is 7.49. The van der Waals surface area contributed by atoms with Gasteiger partial charge in [-0.3, -0.25) is 4.57 Å². The van der Waals surface area contributed by atoms with Gasteiger partial charge in [-0.05, 0) is 31.4 Å². The van der Waals surface area contributed by atoms with Crippen LogP contribution in [0.5, 0.6) is 11.5 Å². The third kappa shape index (κ3) is 2.92. The second-order valence-electron chi connectivity index (χ2n) is 5.12. The number of aliphatic hydroxyl groups is 1. The molecule has 3 aromatic rings. The first-order chi connectivity index (χ1) is 11.7. The molecule has 0 radical (unpaired) electrons. The highest BCUT2D eigenvalue weighted by Gasteiger charge is 2.17. The summed E-state index contributed by atoms with van der Waals surface area (Å²) in [5, 5.41) is 9.81. The fraction of sp³-hybridized carbons (Fsp3) is 0.294. The van der Waals surface area contributed by atoms with E-state index < -0.39 is 0 Å². The highest BCUT2D eigenvalue weighted by molar-refractivity contribution is 7.98. The number of pyridine rings is 1. The van der Waals surface area contributed by atoms with Crippen LogP contribution in [0.15, 0.2) is 35.6 Å². The molecular formula is C17H19N3O3S. The fourth-order valence-corrected chi connectivity index (χ4v) is 3.11. The molecule has 1 N–H and O–H groups in total. The van der Waals surface area contributed by atoms with E-state index in [1.807, 2.05) is 35.9 Å². The zero-order valence-corrected chi connectivity index (χ0v) is 14.6. The van der Waals surface area contributed by atoms with E-state index in [1.165, 1.54) is 0 Å². The average molecular weight is 345 g/mol. The fourth-order valence-electron chi connectivity index (χ4n) is 2.55. The van der Waals surface area contributed by atoms with E-state index in [0.717, 1.165) is 33.3 Å². The number of aromatic nitrogens is 3. The first kappa shape index (κ1) is 16.6. The maximum absolute atomic E-state index is 8.97. The van der Waals surface area contributed by atoms with E-state index in [1.54, 1.807) is 31.1 Å². The van der Waals surface area contributed by atoms with Gasteiger partial charge in [0.1, 0.15) is 23.9 Å². The Morgan fingerprint density at radius 3 is 2.83 bits per heavy atom. The molecule has 6 nitrogen and oxygen atoms in total. The van der Waals surface area contributed by atoms with Crippen LogP contribution in [0.1, 0.15) is 5.56 Å². The summed E-state index contributed by atoms with van der Waals surface area (Å²) < 4.78 is 12.9. The van der Waals surface area contributed by atoms with Crippen molar-refractivity contribution in [3.63, 3.8) is 0 Å². The highest BCUT2D eigenvalue weighted by Crippen LogP contribution is 2.31. The van der Waals surface area contributed by atoms with Gasteiger partial charge < -0.3 is 14.6 Å². The molecule has 2 aromatic heterocycles. The van der Waals surface area contributed by atoms with Crippen molar-refractivity contribution in [2.45, 2.75) is 12.1 Å². The summed E-state index contributed by atoms with van der Waals surface area (Å²) in [4.78, 5) is 9.20. The van der Waals surface area contributed by atoms with Gasteiger partial charge >= 0.3 is 0 Å². The van der Waals surface area contributed by atoms with Crippen molar-refractivity contribution < 1.29 is 14.6 Å². The summed E-state index contributed by atoms with van der Waals surface area (Å²) >= 11 is 1.55. The topological polar surface area (TPSA) is 69.4 Å². The van der Waals surface area contributed by atoms with E-state index in [4.69, 9.17) is 14.6 Å². The molecule has 0 unspecified atom stereocenters. The molecule has 0 amide bonds. The molecule has 0 bridgehead atoms. The monoisotopic (exact) mass is 345 g/mol. The summed E-state index contributed by atoms with van der Waals surface area (Å²) in [5.74, 6) is 2.24. The molecule has 0 spiro atoms. The Bertz CT molecular complexity index is 864. The van der Waals surface area contributed by atoms with Gasteiger partial charge in [-0.2, -0.15) is 0 Å². The van der Waals surface area contributed by atoms with Gasteiger partial charge in [0.05, 0.1) is 24.8 Å². The summed E-state index contributed by atoms with van der Waals surface area (Å²) in [6.07, 6.45) is 3.69. The van der Waals surface area contributed by atoms with Gasteiger partial charge in [0.25, 0.3) is 0 Å². The molecule has 0 saturated carbocycles. The Labute approximate surface area is 144 Å². The van der Waals surface area contributed by atoms with E-state index >= 15 is 0 Å². The Morgan fingerprint density at radius 1 is 1.29 bits per heavy atom. The van der Waals surface area contributed by atoms with Crippen LogP contribution in [0.2, 0.25) is 0 Å². The summed E-state index contributed by atoms with van der Waals surface area (Å²) in [5.41, 5.74) is 2.70. The lowest BCUT2D eigenvalue weighted by Gasteiger charge is -2.13. The van der Waals surface area contributed by atoms with Crippen LogP contribution in [-0.2, 0) is 0 Å². The minimum atomic E-state index is -0.0268. The predicted octanol–water partition coefficient (Wildman–Crippen LogP) is 2.83. The summed E-state index contributed by atoms with van der Waals surface area (Å²) in [6.45, 7) is 2.18. The predicted molar refractivity (Wildman–Crippen MR) is 94.5 cm³/mol. The lowest BCUT2D eigenvalue weighted by Crippen LogP contribution is -2.07. The highest BCUT2D eigenvalue weighted by atomic mass is 32.2. The van der Waals surface area contributed by atoms with Gasteiger partial charge in [-0.25, -0.2) is 9.97 Å². The van der Waals surface area contributed by atoms with Gasteiger partial charge in [0, 0.05) is 17.8 Å². The maximum atomic E-state index is 8.97. The number of methoxy groups -OCH3 is 1. The van der Waals surface area contributed by atoms with Crippen molar-refractivity contribution in [2.75, 3.05) is 26.6 Å². The van der Waals surface area contributed by atoms with Crippen molar-refractivity contribution in [1.29, 1.82) is 0 Å². The molecule has 3 rings (SSSR count). The second kappa shape index (κ2) is 7.11. The Balaban J connectivity index is 2.18. The molecule has 126 valence electrons. The lowest BCUT2D eigenvalue weighted by atomic mass is 10.2. The molecule has 1 aromatic carbocycles. The van der Waals surface area contributed by atoms with E-state index in [-0.39, 0.29) is 13.2 Å². The van der Waals surface area contributed by atoms with Gasteiger partial charge in [0.15, 0.2) is 5.16 Å². The van der Waals surface area contributed by atoms with Gasteiger partial charge in [-0.1, -0.05) is 11.8 Å². The van der Waals surface area contributed by atoms with Crippen molar-refractivity contribution in [2.24, 2.45) is 0 Å². The largest absolute Gasteiger partial charge is 0.497 e. The van der Waals surface area contributed by atoms with Crippen LogP contribution >= 0.6 is 11.8 Å². The number of hydrogen-bond donors (Lipinski definition) is 1. The molecule has 2 heterocycles. The zero-order valence-electron chi connectivity index (χ0n) is 13.8. The van der Waals surface area contributed by atoms with Crippen molar-refractivity contribution in [3.05, 3.63) is 36.0 Å². The molecule has 0 fully saturated rings. The number of benzene rings is 1. The zero-order chi connectivity index (χ0) is 17.1. The van der Waals surface area contributed by atoms with Crippen molar-refractivity contribution >= 4 is 22.8 Å². The van der Waals surface area contributed by atoms with Crippen LogP contribution in [0.4, 0.5) is 0 Å². The number of imidazole rings is 1. The molecule has 0 aliphatic rings. The van der Waals surface area contributed by atoms with Gasteiger partial charge in [0.2, 0.25) is 0 Å². The van der Waals surface area contributed by atoms with Crippen molar-refractivity contribution in [3.8, 4) is 17.3 Å². The van der Waals surface area contributed by atoms with Crippen molar-refractivity contribution in [1.82, 2.24) is 14.5 Å². The molecule has 24 heavy (non-hydrogen) atoms. The molecular weight excluding hydrogens is 326 g/mol. The first-order valence-corrected chi connectivity index (χ1v) is 8.72. The third-order valence-electron chi connectivity index (χ3n) is 3.70. The molecule has 0 aliphatic heterocycles. The smallest absolute Gasteiger partial charge is 0.174 e. The SMILES string of the molecule is COc1ccc2c(c1)nc(SC)n2-c1nccc(OCCO)c1C. The van der Waals surface area contributed by atoms with Crippen LogP contribution in [0.3, 0.4) is 0 Å². The Morgan fingerprint density at radius 2 is 2.12 bits per heavy atom. The van der Waals surface area contributed by atoms with Crippen LogP contribution in [0.25, 0.3) is 16.9 Å². The summed E-state index contributed by atoms with van der Waals surface area (Å²) in [7, 11) is 1.64. The summed E-state index contributed by atoms with van der Waals surface area (Å²) in [6, 6.07) is 7.59. The number of fused-ring (bicyclic) bond motifs is 1. The number of thioether (sulfide) groups is 1. The number of nitrogens with zero attached hydrogens (tertiary/aromatic N) is 3. The third-order valence-corrected chi connectivity index (χ3v) is 4.34. The standard InChI is InChI=1S/C17H19N3O3S/c1-11-15(23-9-8-21)6-7-18-16(11)20-14-5-4-12(22-2)10-13(14)19-17(20)24-3/h4-7,10,21H,8-9H2,1-3H3. The van der Waals surface area contributed by atoms with Gasteiger partial charge in [-0.15, -0.1) is 0 Å². The normalized spacial score (nSPS) is 11.0. The molecule has 7 heteroatoms. The lowest BCUT2D eigenvalue weighted by molar-refractivity contribution is 0.200.